The summed E-state index contributed by atoms with van der Waals surface area (Å²) >= 11 is 6.11. The standard InChI is InChI=1S/C24H21ClN2O5/c1-30-17-4-6-18(7-5-17)32-22-10-3-16(25)13-21(22)27-24(29)14-31-19-8-9-20-15(12-19)2-11-23(28)26-20/h3-10,12-13H,2,11,14H2,1H3,(H,26,28)(H,27,29). The second-order valence-electron chi connectivity index (χ2n) is 7.12. The molecule has 1 heterocycles. The van der Waals surface area contributed by atoms with E-state index in [0.717, 1.165) is 11.3 Å². The van der Waals surface area contributed by atoms with E-state index in [2.05, 4.69) is 10.6 Å². The van der Waals surface area contributed by atoms with Crippen LogP contribution < -0.4 is 24.8 Å². The summed E-state index contributed by atoms with van der Waals surface area (Å²) in [6.45, 7) is -0.195. The zero-order chi connectivity index (χ0) is 22.5. The van der Waals surface area contributed by atoms with E-state index in [1.165, 1.54) is 0 Å². The van der Waals surface area contributed by atoms with Crippen molar-refractivity contribution in [2.45, 2.75) is 12.8 Å². The Kier molecular flexibility index (Phi) is 6.47. The van der Waals surface area contributed by atoms with E-state index in [1.54, 1.807) is 61.7 Å². The van der Waals surface area contributed by atoms with Crippen molar-refractivity contribution in [3.8, 4) is 23.0 Å². The summed E-state index contributed by atoms with van der Waals surface area (Å²) in [5, 5.41) is 6.05. The Hall–Kier alpha value is -3.71. The predicted octanol–water partition coefficient (Wildman–Crippen LogP) is 5.04. The third-order valence-corrected chi connectivity index (χ3v) is 5.08. The lowest BCUT2D eigenvalue weighted by Gasteiger charge is -2.18. The molecule has 164 valence electrons. The summed E-state index contributed by atoms with van der Waals surface area (Å²) in [6, 6.07) is 17.4. The molecule has 2 N–H and O–H groups in total. The fourth-order valence-corrected chi connectivity index (χ4v) is 3.42. The molecule has 0 spiro atoms. The van der Waals surface area contributed by atoms with Crippen LogP contribution in [0.2, 0.25) is 5.02 Å². The van der Waals surface area contributed by atoms with Gasteiger partial charge in [0.2, 0.25) is 5.91 Å². The molecule has 0 bridgehead atoms. The molecule has 1 aliphatic heterocycles. The molecular formula is C24H21ClN2O5. The number of aryl methyl sites for hydroxylation is 1. The normalized spacial score (nSPS) is 12.4. The molecule has 3 aromatic rings. The summed E-state index contributed by atoms with van der Waals surface area (Å²) in [4.78, 5) is 24.0. The number of rotatable bonds is 7. The quantitative estimate of drug-likeness (QED) is 0.524. The molecule has 0 radical (unpaired) electrons. The molecule has 0 saturated heterocycles. The second kappa shape index (κ2) is 9.62. The summed E-state index contributed by atoms with van der Waals surface area (Å²) in [5.41, 5.74) is 2.18. The molecule has 0 saturated carbocycles. The minimum absolute atomic E-state index is 0.000249. The van der Waals surface area contributed by atoms with Crippen LogP contribution in [0.25, 0.3) is 0 Å². The molecule has 7 nitrogen and oxygen atoms in total. The molecule has 0 atom stereocenters. The van der Waals surface area contributed by atoms with Crippen LogP contribution in [-0.2, 0) is 16.0 Å². The average molecular weight is 453 g/mol. The first-order valence-corrected chi connectivity index (χ1v) is 10.3. The molecule has 0 unspecified atom stereocenters. The molecule has 4 rings (SSSR count). The van der Waals surface area contributed by atoms with Gasteiger partial charge < -0.3 is 24.8 Å². The van der Waals surface area contributed by atoms with Gasteiger partial charge in [-0.2, -0.15) is 0 Å². The van der Waals surface area contributed by atoms with Crippen LogP contribution in [0, 0.1) is 0 Å². The smallest absolute Gasteiger partial charge is 0.262 e. The third kappa shape index (κ3) is 5.31. The molecule has 32 heavy (non-hydrogen) atoms. The van der Waals surface area contributed by atoms with Crippen LogP contribution in [0.5, 0.6) is 23.0 Å². The van der Waals surface area contributed by atoms with Crippen molar-refractivity contribution in [1.29, 1.82) is 0 Å². The third-order valence-electron chi connectivity index (χ3n) is 4.85. The monoisotopic (exact) mass is 452 g/mol. The maximum Gasteiger partial charge on any atom is 0.262 e. The van der Waals surface area contributed by atoms with Gasteiger partial charge in [-0.15, -0.1) is 0 Å². The SMILES string of the molecule is COc1ccc(Oc2ccc(Cl)cc2NC(=O)COc2ccc3c(c2)CCC(=O)N3)cc1. The first-order valence-electron chi connectivity index (χ1n) is 9.97. The number of anilines is 2. The highest BCUT2D eigenvalue weighted by molar-refractivity contribution is 6.31. The minimum atomic E-state index is -0.363. The number of fused-ring (bicyclic) bond motifs is 1. The van der Waals surface area contributed by atoms with E-state index >= 15 is 0 Å². The highest BCUT2D eigenvalue weighted by atomic mass is 35.5. The van der Waals surface area contributed by atoms with E-state index < -0.39 is 0 Å². The Morgan fingerprint density at radius 1 is 1.00 bits per heavy atom. The highest BCUT2D eigenvalue weighted by Crippen LogP contribution is 2.33. The topological polar surface area (TPSA) is 85.9 Å². The number of carbonyl (C=O) groups is 2. The number of hydrogen-bond donors (Lipinski definition) is 2. The van der Waals surface area contributed by atoms with E-state index in [0.29, 0.717) is 46.5 Å². The fraction of sp³-hybridized carbons (Fsp3) is 0.167. The van der Waals surface area contributed by atoms with Crippen LogP contribution in [-0.4, -0.2) is 25.5 Å². The maximum absolute atomic E-state index is 12.5. The highest BCUT2D eigenvalue weighted by Gasteiger charge is 2.16. The zero-order valence-electron chi connectivity index (χ0n) is 17.3. The average Bonchev–Trinajstić information content (AvgIpc) is 2.80. The van der Waals surface area contributed by atoms with Gasteiger partial charge >= 0.3 is 0 Å². The molecular weight excluding hydrogens is 432 g/mol. The van der Waals surface area contributed by atoms with Crippen molar-refractivity contribution in [2.75, 3.05) is 24.4 Å². The van der Waals surface area contributed by atoms with E-state index in [-0.39, 0.29) is 18.4 Å². The maximum atomic E-state index is 12.5. The van der Waals surface area contributed by atoms with Gasteiger partial charge in [0.05, 0.1) is 12.8 Å². The lowest BCUT2D eigenvalue weighted by atomic mass is 10.0. The van der Waals surface area contributed by atoms with Crippen LogP contribution in [0.3, 0.4) is 0 Å². The van der Waals surface area contributed by atoms with Gasteiger partial charge in [-0.25, -0.2) is 0 Å². The Bertz CT molecular complexity index is 1150. The molecule has 0 fully saturated rings. The van der Waals surface area contributed by atoms with Gasteiger partial charge in [0.15, 0.2) is 12.4 Å². The molecule has 2 amide bonds. The Morgan fingerprint density at radius 2 is 1.75 bits per heavy atom. The number of ether oxygens (including phenoxy) is 3. The Balaban J connectivity index is 1.40. The van der Waals surface area contributed by atoms with Gasteiger partial charge in [-0.05, 0) is 72.6 Å². The van der Waals surface area contributed by atoms with Crippen molar-refractivity contribution in [3.05, 3.63) is 71.2 Å². The Labute approximate surface area is 190 Å². The summed E-state index contributed by atoms with van der Waals surface area (Å²) in [6.07, 6.45) is 1.07. The lowest BCUT2D eigenvalue weighted by molar-refractivity contribution is -0.118. The van der Waals surface area contributed by atoms with Gasteiger partial charge in [-0.3, -0.25) is 9.59 Å². The van der Waals surface area contributed by atoms with Crippen molar-refractivity contribution in [2.24, 2.45) is 0 Å². The first kappa shape index (κ1) is 21.5. The predicted molar refractivity (Wildman–Crippen MR) is 122 cm³/mol. The van der Waals surface area contributed by atoms with Gasteiger partial charge in [-0.1, -0.05) is 11.6 Å². The number of hydrogen-bond acceptors (Lipinski definition) is 5. The molecule has 0 aliphatic carbocycles. The van der Waals surface area contributed by atoms with Gasteiger partial charge in [0.25, 0.3) is 5.91 Å². The van der Waals surface area contributed by atoms with E-state index in [9.17, 15) is 9.59 Å². The van der Waals surface area contributed by atoms with Crippen molar-refractivity contribution in [1.82, 2.24) is 0 Å². The van der Waals surface area contributed by atoms with Gasteiger partial charge in [0.1, 0.15) is 17.2 Å². The second-order valence-corrected chi connectivity index (χ2v) is 7.56. The summed E-state index contributed by atoms with van der Waals surface area (Å²) in [5.74, 6) is 1.93. The lowest BCUT2D eigenvalue weighted by Crippen LogP contribution is -2.21. The van der Waals surface area contributed by atoms with Crippen LogP contribution in [0.4, 0.5) is 11.4 Å². The number of halogens is 1. The Morgan fingerprint density at radius 3 is 2.53 bits per heavy atom. The largest absolute Gasteiger partial charge is 0.497 e. The van der Waals surface area contributed by atoms with Gasteiger partial charge in [0, 0.05) is 17.1 Å². The fourth-order valence-electron chi connectivity index (χ4n) is 3.24. The zero-order valence-corrected chi connectivity index (χ0v) is 18.1. The number of amides is 2. The summed E-state index contributed by atoms with van der Waals surface area (Å²) < 4.78 is 16.7. The number of methoxy groups -OCH3 is 1. The molecule has 8 heteroatoms. The van der Waals surface area contributed by atoms with Crippen LogP contribution >= 0.6 is 11.6 Å². The number of benzene rings is 3. The van der Waals surface area contributed by atoms with Crippen LogP contribution in [0.1, 0.15) is 12.0 Å². The van der Waals surface area contributed by atoms with E-state index in [1.807, 2.05) is 6.07 Å². The van der Waals surface area contributed by atoms with Crippen molar-refractivity contribution < 1.29 is 23.8 Å². The van der Waals surface area contributed by atoms with Crippen molar-refractivity contribution in [3.63, 3.8) is 0 Å². The molecule has 3 aromatic carbocycles. The van der Waals surface area contributed by atoms with E-state index in [4.69, 9.17) is 25.8 Å². The summed E-state index contributed by atoms with van der Waals surface area (Å²) in [7, 11) is 1.59. The first-order chi connectivity index (χ1) is 15.5. The minimum Gasteiger partial charge on any atom is -0.497 e. The van der Waals surface area contributed by atoms with Crippen LogP contribution in [0.15, 0.2) is 60.7 Å². The number of carbonyl (C=O) groups excluding carboxylic acids is 2. The van der Waals surface area contributed by atoms with Crippen molar-refractivity contribution >= 4 is 34.8 Å². The molecule has 0 aromatic heterocycles. The number of nitrogens with one attached hydrogen (secondary N) is 2. The molecule has 1 aliphatic rings.